The minimum absolute atomic E-state index is 0.767. The number of hydrogen-bond donors (Lipinski definition) is 1. The Labute approximate surface area is 121 Å². The maximum absolute atomic E-state index is 4.54. The van der Waals surface area contributed by atoms with Gasteiger partial charge in [0.25, 0.3) is 0 Å². The van der Waals surface area contributed by atoms with Crippen LogP contribution in [0.15, 0.2) is 30.6 Å². The van der Waals surface area contributed by atoms with Crippen molar-refractivity contribution < 1.29 is 0 Å². The SMILES string of the molecule is Cc1ccc(-c2cnn(CC3CCNCC3)c2)cc1C. The predicted octanol–water partition coefficient (Wildman–Crippen LogP) is 3.17. The van der Waals surface area contributed by atoms with Crippen LogP contribution in [0.2, 0.25) is 0 Å². The van der Waals surface area contributed by atoms with E-state index >= 15 is 0 Å². The van der Waals surface area contributed by atoms with Crippen molar-refractivity contribution in [1.82, 2.24) is 15.1 Å². The van der Waals surface area contributed by atoms with E-state index in [1.807, 2.05) is 6.20 Å². The Kier molecular flexibility index (Phi) is 3.88. The lowest BCUT2D eigenvalue weighted by atomic mass is 9.98. The monoisotopic (exact) mass is 269 g/mol. The second-order valence-electron chi connectivity index (χ2n) is 5.94. The fourth-order valence-electron chi connectivity index (χ4n) is 2.86. The molecule has 2 aromatic rings. The highest BCUT2D eigenvalue weighted by Crippen LogP contribution is 2.22. The number of benzene rings is 1. The summed E-state index contributed by atoms with van der Waals surface area (Å²) in [5.74, 6) is 0.767. The molecule has 106 valence electrons. The highest BCUT2D eigenvalue weighted by atomic mass is 15.3. The third-order valence-electron chi connectivity index (χ3n) is 4.38. The second kappa shape index (κ2) is 5.80. The van der Waals surface area contributed by atoms with Crippen molar-refractivity contribution in [3.63, 3.8) is 0 Å². The highest BCUT2D eigenvalue weighted by molar-refractivity contribution is 5.63. The average molecular weight is 269 g/mol. The molecule has 20 heavy (non-hydrogen) atoms. The van der Waals surface area contributed by atoms with Crippen LogP contribution >= 0.6 is 0 Å². The molecule has 1 aliphatic rings. The standard InChI is InChI=1S/C17H23N3/c1-13-3-4-16(9-14(13)2)17-10-19-20(12-17)11-15-5-7-18-8-6-15/h3-4,9-10,12,15,18H,5-8,11H2,1-2H3. The minimum atomic E-state index is 0.767. The van der Waals surface area contributed by atoms with Crippen LogP contribution in [-0.2, 0) is 6.54 Å². The van der Waals surface area contributed by atoms with E-state index in [9.17, 15) is 0 Å². The lowest BCUT2D eigenvalue weighted by Gasteiger charge is -2.22. The molecule has 1 fully saturated rings. The van der Waals surface area contributed by atoms with Crippen molar-refractivity contribution in [3.05, 3.63) is 41.7 Å². The molecular weight excluding hydrogens is 246 g/mol. The summed E-state index contributed by atoms with van der Waals surface area (Å²) in [5.41, 5.74) is 5.18. The van der Waals surface area contributed by atoms with Gasteiger partial charge in [0.1, 0.15) is 0 Å². The second-order valence-corrected chi connectivity index (χ2v) is 5.94. The summed E-state index contributed by atoms with van der Waals surface area (Å²) in [6, 6.07) is 6.63. The van der Waals surface area contributed by atoms with Crippen LogP contribution in [0.4, 0.5) is 0 Å². The van der Waals surface area contributed by atoms with Crippen LogP contribution in [0.1, 0.15) is 24.0 Å². The van der Waals surface area contributed by atoms with Gasteiger partial charge in [-0.3, -0.25) is 4.68 Å². The third-order valence-corrected chi connectivity index (χ3v) is 4.38. The molecule has 3 heteroatoms. The molecule has 0 atom stereocenters. The van der Waals surface area contributed by atoms with E-state index in [0.717, 1.165) is 25.6 Å². The molecule has 0 amide bonds. The molecule has 0 saturated carbocycles. The fraction of sp³-hybridized carbons (Fsp3) is 0.471. The minimum Gasteiger partial charge on any atom is -0.317 e. The molecule has 1 N–H and O–H groups in total. The van der Waals surface area contributed by atoms with Crippen LogP contribution in [0.25, 0.3) is 11.1 Å². The number of piperidine rings is 1. The van der Waals surface area contributed by atoms with Crippen LogP contribution in [0.3, 0.4) is 0 Å². The van der Waals surface area contributed by atoms with E-state index in [4.69, 9.17) is 0 Å². The zero-order chi connectivity index (χ0) is 13.9. The Balaban J connectivity index is 1.73. The molecule has 0 bridgehead atoms. The van der Waals surface area contributed by atoms with Gasteiger partial charge in [0, 0.05) is 18.3 Å². The van der Waals surface area contributed by atoms with Crippen LogP contribution in [-0.4, -0.2) is 22.9 Å². The summed E-state index contributed by atoms with van der Waals surface area (Å²) < 4.78 is 2.11. The van der Waals surface area contributed by atoms with Crippen molar-refractivity contribution in [2.24, 2.45) is 5.92 Å². The molecule has 0 unspecified atom stereocenters. The molecule has 2 heterocycles. The Hall–Kier alpha value is -1.61. The molecule has 0 spiro atoms. The largest absolute Gasteiger partial charge is 0.317 e. The van der Waals surface area contributed by atoms with Gasteiger partial charge in [0.05, 0.1) is 6.20 Å². The quantitative estimate of drug-likeness (QED) is 0.927. The summed E-state index contributed by atoms with van der Waals surface area (Å²) in [7, 11) is 0. The normalized spacial score (nSPS) is 16.5. The van der Waals surface area contributed by atoms with Crippen molar-refractivity contribution >= 4 is 0 Å². The molecule has 1 aromatic carbocycles. The van der Waals surface area contributed by atoms with E-state index in [-0.39, 0.29) is 0 Å². The number of nitrogens with one attached hydrogen (secondary N) is 1. The summed E-state index contributed by atoms with van der Waals surface area (Å²) in [5, 5.41) is 7.95. The predicted molar refractivity (Wildman–Crippen MR) is 82.7 cm³/mol. The van der Waals surface area contributed by atoms with Gasteiger partial charge >= 0.3 is 0 Å². The third kappa shape index (κ3) is 2.93. The maximum atomic E-state index is 4.54. The van der Waals surface area contributed by atoms with Crippen molar-refractivity contribution in [2.45, 2.75) is 33.2 Å². The molecular formula is C17H23N3. The van der Waals surface area contributed by atoms with Gasteiger partial charge in [-0.2, -0.15) is 5.10 Å². The van der Waals surface area contributed by atoms with Crippen LogP contribution in [0, 0.1) is 19.8 Å². The fourth-order valence-corrected chi connectivity index (χ4v) is 2.86. The number of nitrogens with zero attached hydrogens (tertiary/aromatic N) is 2. The lowest BCUT2D eigenvalue weighted by molar-refractivity contribution is 0.321. The lowest BCUT2D eigenvalue weighted by Crippen LogP contribution is -2.29. The maximum Gasteiger partial charge on any atom is 0.0568 e. The first kappa shape index (κ1) is 13.4. The van der Waals surface area contributed by atoms with E-state index in [1.165, 1.54) is 35.1 Å². The summed E-state index contributed by atoms with van der Waals surface area (Å²) in [6.45, 7) is 7.66. The van der Waals surface area contributed by atoms with Gasteiger partial charge in [-0.25, -0.2) is 0 Å². The Morgan fingerprint density at radius 3 is 2.70 bits per heavy atom. The molecule has 3 rings (SSSR count). The van der Waals surface area contributed by atoms with Gasteiger partial charge in [-0.05, 0) is 62.4 Å². The first-order valence-electron chi connectivity index (χ1n) is 7.53. The zero-order valence-corrected chi connectivity index (χ0v) is 12.4. The van der Waals surface area contributed by atoms with Gasteiger partial charge < -0.3 is 5.32 Å². The molecule has 0 radical (unpaired) electrons. The van der Waals surface area contributed by atoms with Gasteiger partial charge in [-0.1, -0.05) is 18.2 Å². The van der Waals surface area contributed by atoms with E-state index < -0.39 is 0 Å². The smallest absolute Gasteiger partial charge is 0.0568 e. The van der Waals surface area contributed by atoms with Gasteiger partial charge in [0.2, 0.25) is 0 Å². The van der Waals surface area contributed by atoms with Crippen LogP contribution in [0.5, 0.6) is 0 Å². The number of hydrogen-bond acceptors (Lipinski definition) is 2. The summed E-state index contributed by atoms with van der Waals surface area (Å²) in [6.07, 6.45) is 6.70. The molecule has 3 nitrogen and oxygen atoms in total. The van der Waals surface area contributed by atoms with E-state index in [1.54, 1.807) is 0 Å². The molecule has 1 saturated heterocycles. The number of rotatable bonds is 3. The Bertz CT molecular complexity index is 580. The summed E-state index contributed by atoms with van der Waals surface area (Å²) >= 11 is 0. The van der Waals surface area contributed by atoms with Gasteiger partial charge in [0.15, 0.2) is 0 Å². The number of aryl methyl sites for hydroxylation is 2. The Morgan fingerprint density at radius 1 is 1.15 bits per heavy atom. The van der Waals surface area contributed by atoms with Crippen molar-refractivity contribution in [1.29, 1.82) is 0 Å². The van der Waals surface area contributed by atoms with Crippen molar-refractivity contribution in [2.75, 3.05) is 13.1 Å². The van der Waals surface area contributed by atoms with E-state index in [0.29, 0.717) is 0 Å². The first-order chi connectivity index (χ1) is 9.72. The highest BCUT2D eigenvalue weighted by Gasteiger charge is 2.14. The molecule has 0 aliphatic carbocycles. The number of aromatic nitrogens is 2. The topological polar surface area (TPSA) is 29.9 Å². The summed E-state index contributed by atoms with van der Waals surface area (Å²) in [4.78, 5) is 0. The van der Waals surface area contributed by atoms with Crippen LogP contribution < -0.4 is 5.32 Å². The average Bonchev–Trinajstić information content (AvgIpc) is 2.91. The van der Waals surface area contributed by atoms with Crippen molar-refractivity contribution in [3.8, 4) is 11.1 Å². The van der Waals surface area contributed by atoms with E-state index in [2.05, 4.69) is 53.3 Å². The first-order valence-corrected chi connectivity index (χ1v) is 7.53. The van der Waals surface area contributed by atoms with Gasteiger partial charge in [-0.15, -0.1) is 0 Å². The zero-order valence-electron chi connectivity index (χ0n) is 12.4. The Morgan fingerprint density at radius 2 is 1.95 bits per heavy atom. The molecule has 1 aromatic heterocycles. The molecule has 1 aliphatic heterocycles.